The second kappa shape index (κ2) is 6.09. The second-order valence-electron chi connectivity index (χ2n) is 3.22. The summed E-state index contributed by atoms with van der Waals surface area (Å²) < 4.78 is 4.68. The van der Waals surface area contributed by atoms with Crippen LogP contribution >= 0.6 is 23.2 Å². The molecule has 0 aliphatic carbocycles. The van der Waals surface area contributed by atoms with Gasteiger partial charge in [0.05, 0.1) is 16.7 Å². The smallest absolute Gasteiger partial charge is 0.335 e. The Kier molecular flexibility index (Phi) is 5.06. The molecule has 0 amide bonds. The summed E-state index contributed by atoms with van der Waals surface area (Å²) >= 11 is 11.6. The van der Waals surface area contributed by atoms with Crippen LogP contribution in [0.5, 0.6) is 0 Å². The van der Waals surface area contributed by atoms with Crippen LogP contribution < -0.4 is 0 Å². The highest BCUT2D eigenvalue weighted by molar-refractivity contribution is 6.42. The van der Waals surface area contributed by atoms with Crippen molar-refractivity contribution in [1.29, 1.82) is 0 Å². The first-order chi connectivity index (χ1) is 7.54. The van der Waals surface area contributed by atoms with Gasteiger partial charge in [0.25, 0.3) is 0 Å². The Morgan fingerprint density at radius 3 is 2.69 bits per heavy atom. The minimum Gasteiger partial charge on any atom is -0.464 e. The van der Waals surface area contributed by atoms with Crippen LogP contribution in [-0.2, 0) is 16.0 Å². The van der Waals surface area contributed by atoms with Crippen LogP contribution in [-0.4, -0.2) is 23.8 Å². The lowest BCUT2D eigenvalue weighted by molar-refractivity contribution is -0.152. The van der Waals surface area contributed by atoms with Gasteiger partial charge in [-0.3, -0.25) is 0 Å². The molecule has 3 nitrogen and oxygen atoms in total. The standard InChI is InChI=1S/C11H12Cl2O3/c1-2-16-11(15)10(14)6-7-3-4-8(12)9(13)5-7/h3-5,10,14H,2,6H2,1H3/t10-/m1/s1. The summed E-state index contributed by atoms with van der Waals surface area (Å²) in [6.45, 7) is 1.93. The number of aliphatic hydroxyl groups is 1. The molecule has 16 heavy (non-hydrogen) atoms. The molecular formula is C11H12Cl2O3. The molecular weight excluding hydrogens is 251 g/mol. The third-order valence-corrected chi connectivity index (χ3v) is 2.71. The van der Waals surface area contributed by atoms with Gasteiger partial charge in [-0.2, -0.15) is 0 Å². The van der Waals surface area contributed by atoms with Gasteiger partial charge in [0.2, 0.25) is 0 Å². The summed E-state index contributed by atoms with van der Waals surface area (Å²) in [6.07, 6.45) is -1.01. The molecule has 0 saturated carbocycles. The predicted molar refractivity (Wildman–Crippen MR) is 62.8 cm³/mol. The first-order valence-corrected chi connectivity index (χ1v) is 5.58. The summed E-state index contributed by atoms with van der Waals surface area (Å²) in [5, 5.41) is 10.4. The summed E-state index contributed by atoms with van der Waals surface area (Å²) in [6, 6.07) is 4.94. The van der Waals surface area contributed by atoms with Crippen molar-refractivity contribution in [2.75, 3.05) is 6.61 Å². The highest BCUT2D eigenvalue weighted by atomic mass is 35.5. The van der Waals surface area contributed by atoms with Gasteiger partial charge in [-0.15, -0.1) is 0 Å². The molecule has 0 saturated heterocycles. The van der Waals surface area contributed by atoms with Crippen molar-refractivity contribution in [3.63, 3.8) is 0 Å². The van der Waals surface area contributed by atoms with E-state index in [0.717, 1.165) is 5.56 Å². The van der Waals surface area contributed by atoms with E-state index in [1.807, 2.05) is 0 Å². The number of carbonyl (C=O) groups is 1. The maximum Gasteiger partial charge on any atom is 0.335 e. The minimum absolute atomic E-state index is 0.162. The van der Waals surface area contributed by atoms with Crippen molar-refractivity contribution in [1.82, 2.24) is 0 Å². The fraction of sp³-hybridized carbons (Fsp3) is 0.364. The molecule has 1 aromatic carbocycles. The van der Waals surface area contributed by atoms with E-state index >= 15 is 0 Å². The number of carbonyl (C=O) groups excluding carboxylic acids is 1. The number of halogens is 2. The van der Waals surface area contributed by atoms with Gasteiger partial charge in [0.1, 0.15) is 0 Å². The van der Waals surface area contributed by atoms with Gasteiger partial charge in [-0.1, -0.05) is 29.3 Å². The molecule has 5 heteroatoms. The summed E-state index contributed by atoms with van der Waals surface area (Å²) in [4.78, 5) is 11.2. The Balaban J connectivity index is 2.66. The number of esters is 1. The fourth-order valence-electron chi connectivity index (χ4n) is 1.21. The van der Waals surface area contributed by atoms with Crippen LogP contribution in [0.2, 0.25) is 10.0 Å². The van der Waals surface area contributed by atoms with Gasteiger partial charge < -0.3 is 9.84 Å². The van der Waals surface area contributed by atoms with Crippen LogP contribution in [0.3, 0.4) is 0 Å². The SMILES string of the molecule is CCOC(=O)[C@H](O)Cc1ccc(Cl)c(Cl)c1. The van der Waals surface area contributed by atoms with Crippen molar-refractivity contribution < 1.29 is 14.6 Å². The highest BCUT2D eigenvalue weighted by Crippen LogP contribution is 2.23. The third kappa shape index (κ3) is 3.67. The fourth-order valence-corrected chi connectivity index (χ4v) is 1.53. The Labute approximate surface area is 104 Å². The molecule has 0 radical (unpaired) electrons. The lowest BCUT2D eigenvalue weighted by Gasteiger charge is -2.09. The maximum atomic E-state index is 11.2. The molecule has 1 rings (SSSR count). The number of hydrogen-bond donors (Lipinski definition) is 1. The summed E-state index contributed by atoms with van der Waals surface area (Å²) in [5.41, 5.74) is 0.731. The van der Waals surface area contributed by atoms with E-state index in [1.54, 1.807) is 25.1 Å². The average molecular weight is 263 g/mol. The Hall–Kier alpha value is -0.770. The van der Waals surface area contributed by atoms with Crippen LogP contribution in [0.4, 0.5) is 0 Å². The van der Waals surface area contributed by atoms with Crippen LogP contribution in [0.1, 0.15) is 12.5 Å². The van der Waals surface area contributed by atoms with Gasteiger partial charge in [0, 0.05) is 6.42 Å². The van der Waals surface area contributed by atoms with Crippen molar-refractivity contribution in [2.45, 2.75) is 19.4 Å². The number of hydrogen-bond acceptors (Lipinski definition) is 3. The Morgan fingerprint density at radius 1 is 1.44 bits per heavy atom. The van der Waals surface area contributed by atoms with Crippen molar-refractivity contribution >= 4 is 29.2 Å². The minimum atomic E-state index is -1.17. The topological polar surface area (TPSA) is 46.5 Å². The zero-order chi connectivity index (χ0) is 12.1. The molecule has 0 aliphatic heterocycles. The third-order valence-electron chi connectivity index (χ3n) is 1.97. The van der Waals surface area contributed by atoms with E-state index in [4.69, 9.17) is 23.2 Å². The maximum absolute atomic E-state index is 11.2. The van der Waals surface area contributed by atoms with Gasteiger partial charge >= 0.3 is 5.97 Å². The van der Waals surface area contributed by atoms with E-state index < -0.39 is 12.1 Å². The predicted octanol–water partition coefficient (Wildman–Crippen LogP) is 2.46. The van der Waals surface area contributed by atoms with Crippen molar-refractivity contribution in [3.8, 4) is 0 Å². The normalized spacial score (nSPS) is 12.2. The molecule has 0 aliphatic rings. The molecule has 0 aromatic heterocycles. The summed E-state index contributed by atoms with van der Waals surface area (Å²) in [7, 11) is 0. The molecule has 0 heterocycles. The van der Waals surface area contributed by atoms with Gasteiger partial charge in [-0.05, 0) is 24.6 Å². The number of aliphatic hydroxyl groups excluding tert-OH is 1. The quantitative estimate of drug-likeness (QED) is 0.849. The zero-order valence-electron chi connectivity index (χ0n) is 8.74. The number of ether oxygens (including phenoxy) is 1. The van der Waals surface area contributed by atoms with Crippen molar-refractivity contribution in [2.24, 2.45) is 0 Å². The van der Waals surface area contributed by atoms with E-state index in [-0.39, 0.29) is 13.0 Å². The van der Waals surface area contributed by atoms with Crippen LogP contribution in [0, 0.1) is 0 Å². The van der Waals surface area contributed by atoms with E-state index in [1.165, 1.54) is 0 Å². The number of benzene rings is 1. The van der Waals surface area contributed by atoms with E-state index in [0.29, 0.717) is 10.0 Å². The molecule has 1 N–H and O–H groups in total. The van der Waals surface area contributed by atoms with Crippen molar-refractivity contribution in [3.05, 3.63) is 33.8 Å². The zero-order valence-corrected chi connectivity index (χ0v) is 10.3. The van der Waals surface area contributed by atoms with Gasteiger partial charge in [0.15, 0.2) is 6.10 Å². The van der Waals surface area contributed by atoms with Gasteiger partial charge in [-0.25, -0.2) is 4.79 Å². The molecule has 88 valence electrons. The lowest BCUT2D eigenvalue weighted by Crippen LogP contribution is -2.25. The molecule has 0 bridgehead atoms. The average Bonchev–Trinajstić information content (AvgIpc) is 2.24. The Bertz CT molecular complexity index is 379. The molecule has 0 unspecified atom stereocenters. The number of rotatable bonds is 4. The van der Waals surface area contributed by atoms with E-state index in [2.05, 4.69) is 4.74 Å². The monoisotopic (exact) mass is 262 g/mol. The van der Waals surface area contributed by atoms with E-state index in [9.17, 15) is 9.90 Å². The molecule has 1 aromatic rings. The largest absolute Gasteiger partial charge is 0.464 e. The lowest BCUT2D eigenvalue weighted by atomic mass is 10.1. The summed E-state index contributed by atoms with van der Waals surface area (Å²) in [5.74, 6) is -0.631. The first-order valence-electron chi connectivity index (χ1n) is 4.83. The molecule has 1 atom stereocenters. The van der Waals surface area contributed by atoms with Crippen LogP contribution in [0.25, 0.3) is 0 Å². The highest BCUT2D eigenvalue weighted by Gasteiger charge is 2.16. The van der Waals surface area contributed by atoms with Crippen LogP contribution in [0.15, 0.2) is 18.2 Å². The molecule has 0 fully saturated rings. The first kappa shape index (κ1) is 13.3. The Morgan fingerprint density at radius 2 is 2.12 bits per heavy atom. The second-order valence-corrected chi connectivity index (χ2v) is 4.03. The molecule has 0 spiro atoms.